The Kier molecular flexibility index (Phi) is 3.37. The molecule has 0 amide bonds. The number of hydrogen-bond donors (Lipinski definition) is 1. The van der Waals surface area contributed by atoms with Crippen LogP contribution in [-0.2, 0) is 6.54 Å². The molecule has 3 atom stereocenters. The van der Waals surface area contributed by atoms with Crippen molar-refractivity contribution in [2.24, 2.45) is 5.92 Å². The van der Waals surface area contributed by atoms with E-state index in [1.165, 1.54) is 44.3 Å². The Labute approximate surface area is 109 Å². The molecule has 0 aromatic carbocycles. The average molecular weight is 248 g/mol. The molecule has 0 saturated heterocycles. The minimum Gasteiger partial charge on any atom is -0.314 e. The first kappa shape index (κ1) is 12.2. The van der Waals surface area contributed by atoms with Gasteiger partial charge in [-0.1, -0.05) is 13.3 Å². The van der Waals surface area contributed by atoms with Crippen molar-refractivity contribution in [1.29, 1.82) is 0 Å². The second kappa shape index (κ2) is 5.00. The molecule has 0 unspecified atom stereocenters. The monoisotopic (exact) mass is 248 g/mol. The maximum Gasteiger partial charge on any atom is 0.150 e. The molecule has 18 heavy (non-hydrogen) atoms. The standard InChI is InChI=1S/C14H24N4/c1-3-11-6-7-12(9-11)15-13-5-4-8-18-10(2)16-17-14(13)18/h11-13,15H,3-9H2,1-2H3/t11-,12-,13+/m1/s1. The van der Waals surface area contributed by atoms with Crippen LogP contribution >= 0.6 is 0 Å². The van der Waals surface area contributed by atoms with Gasteiger partial charge in [0.1, 0.15) is 11.6 Å². The molecule has 0 bridgehead atoms. The quantitative estimate of drug-likeness (QED) is 0.894. The van der Waals surface area contributed by atoms with Gasteiger partial charge in [0.25, 0.3) is 0 Å². The Bertz CT molecular complexity index is 412. The van der Waals surface area contributed by atoms with Crippen LogP contribution in [0, 0.1) is 12.8 Å². The third-order valence-corrected chi connectivity index (χ3v) is 4.71. The van der Waals surface area contributed by atoms with Crippen molar-refractivity contribution in [2.75, 3.05) is 0 Å². The van der Waals surface area contributed by atoms with Gasteiger partial charge in [0.2, 0.25) is 0 Å². The maximum absolute atomic E-state index is 4.37. The Hall–Kier alpha value is -0.900. The van der Waals surface area contributed by atoms with Crippen LogP contribution in [0.4, 0.5) is 0 Å². The molecule has 4 nitrogen and oxygen atoms in total. The summed E-state index contributed by atoms with van der Waals surface area (Å²) in [6.45, 7) is 5.46. The van der Waals surface area contributed by atoms with Gasteiger partial charge in [0.05, 0.1) is 6.04 Å². The number of rotatable bonds is 3. The zero-order chi connectivity index (χ0) is 12.5. The molecule has 3 rings (SSSR count). The summed E-state index contributed by atoms with van der Waals surface area (Å²) in [7, 11) is 0. The number of nitrogens with zero attached hydrogens (tertiary/aromatic N) is 3. The van der Waals surface area contributed by atoms with E-state index in [2.05, 4.69) is 33.9 Å². The van der Waals surface area contributed by atoms with E-state index >= 15 is 0 Å². The van der Waals surface area contributed by atoms with Gasteiger partial charge in [-0.15, -0.1) is 10.2 Å². The lowest BCUT2D eigenvalue weighted by molar-refractivity contribution is 0.340. The highest BCUT2D eigenvalue weighted by molar-refractivity contribution is 5.04. The predicted octanol–water partition coefficient (Wildman–Crippen LogP) is 2.59. The molecular weight excluding hydrogens is 224 g/mol. The van der Waals surface area contributed by atoms with Crippen LogP contribution in [0.1, 0.15) is 63.1 Å². The molecule has 1 saturated carbocycles. The lowest BCUT2D eigenvalue weighted by Gasteiger charge is -2.27. The number of hydrogen-bond acceptors (Lipinski definition) is 3. The second-order valence-electron chi connectivity index (χ2n) is 5.90. The van der Waals surface area contributed by atoms with Crippen LogP contribution in [0.3, 0.4) is 0 Å². The fourth-order valence-corrected chi connectivity index (χ4v) is 3.55. The highest BCUT2D eigenvalue weighted by Gasteiger charge is 2.29. The normalized spacial score (nSPS) is 31.6. The minimum absolute atomic E-state index is 0.431. The fraction of sp³-hybridized carbons (Fsp3) is 0.857. The Morgan fingerprint density at radius 1 is 1.28 bits per heavy atom. The molecule has 2 heterocycles. The first-order chi connectivity index (χ1) is 8.78. The summed E-state index contributed by atoms with van der Waals surface area (Å²) in [6, 6.07) is 1.13. The number of aromatic nitrogens is 3. The molecule has 100 valence electrons. The average Bonchev–Trinajstić information content (AvgIpc) is 2.98. The van der Waals surface area contributed by atoms with Crippen molar-refractivity contribution < 1.29 is 0 Å². The largest absolute Gasteiger partial charge is 0.314 e. The van der Waals surface area contributed by atoms with Gasteiger partial charge < -0.3 is 9.88 Å². The smallest absolute Gasteiger partial charge is 0.150 e. The number of fused-ring (bicyclic) bond motifs is 1. The first-order valence-corrected chi connectivity index (χ1v) is 7.43. The number of nitrogens with one attached hydrogen (secondary N) is 1. The van der Waals surface area contributed by atoms with Crippen LogP contribution in [0.2, 0.25) is 0 Å². The van der Waals surface area contributed by atoms with Gasteiger partial charge >= 0.3 is 0 Å². The lowest BCUT2D eigenvalue weighted by atomic mass is 10.0. The maximum atomic E-state index is 4.37. The van der Waals surface area contributed by atoms with Gasteiger partial charge in [-0.05, 0) is 44.9 Å². The summed E-state index contributed by atoms with van der Waals surface area (Å²) >= 11 is 0. The lowest BCUT2D eigenvalue weighted by Crippen LogP contribution is -2.35. The summed E-state index contributed by atoms with van der Waals surface area (Å²) in [5, 5.41) is 12.4. The molecule has 1 fully saturated rings. The van der Waals surface area contributed by atoms with Crippen molar-refractivity contribution in [2.45, 2.75) is 71.0 Å². The van der Waals surface area contributed by atoms with Crippen molar-refractivity contribution in [3.05, 3.63) is 11.6 Å². The van der Waals surface area contributed by atoms with Gasteiger partial charge in [-0.2, -0.15) is 0 Å². The molecule has 2 aliphatic rings. The zero-order valence-electron chi connectivity index (χ0n) is 11.5. The van der Waals surface area contributed by atoms with Crippen LogP contribution < -0.4 is 5.32 Å². The molecule has 4 heteroatoms. The van der Waals surface area contributed by atoms with E-state index in [1.807, 2.05) is 0 Å². The van der Waals surface area contributed by atoms with E-state index in [9.17, 15) is 0 Å². The second-order valence-corrected chi connectivity index (χ2v) is 5.90. The highest BCUT2D eigenvalue weighted by atomic mass is 15.3. The molecular formula is C14H24N4. The van der Waals surface area contributed by atoms with E-state index in [0.29, 0.717) is 12.1 Å². The topological polar surface area (TPSA) is 42.7 Å². The Morgan fingerprint density at radius 3 is 2.94 bits per heavy atom. The van der Waals surface area contributed by atoms with E-state index in [4.69, 9.17) is 0 Å². The summed E-state index contributed by atoms with van der Waals surface area (Å²) in [5.41, 5.74) is 0. The Balaban J connectivity index is 1.67. The zero-order valence-corrected chi connectivity index (χ0v) is 11.5. The predicted molar refractivity (Wildman–Crippen MR) is 71.3 cm³/mol. The van der Waals surface area contributed by atoms with Gasteiger partial charge in [-0.25, -0.2) is 0 Å². The molecule has 1 N–H and O–H groups in total. The van der Waals surface area contributed by atoms with Crippen molar-refractivity contribution in [3.8, 4) is 0 Å². The van der Waals surface area contributed by atoms with E-state index in [0.717, 1.165) is 18.3 Å². The van der Waals surface area contributed by atoms with Crippen LogP contribution in [-0.4, -0.2) is 20.8 Å². The SMILES string of the molecule is CC[C@@H]1CC[C@@H](N[C@H]2CCCn3c(C)nnc32)C1. The number of aryl methyl sites for hydroxylation is 1. The highest BCUT2D eigenvalue weighted by Crippen LogP contribution is 2.31. The van der Waals surface area contributed by atoms with Crippen LogP contribution in [0.5, 0.6) is 0 Å². The first-order valence-electron chi connectivity index (χ1n) is 7.43. The molecule has 0 radical (unpaired) electrons. The molecule has 1 aromatic heterocycles. The molecule has 0 spiro atoms. The summed E-state index contributed by atoms with van der Waals surface area (Å²) < 4.78 is 2.29. The van der Waals surface area contributed by atoms with Gasteiger partial charge in [-0.3, -0.25) is 0 Å². The fourth-order valence-electron chi connectivity index (χ4n) is 3.55. The molecule has 1 aliphatic carbocycles. The molecule has 1 aliphatic heterocycles. The van der Waals surface area contributed by atoms with E-state index < -0.39 is 0 Å². The van der Waals surface area contributed by atoms with Crippen molar-refractivity contribution in [3.63, 3.8) is 0 Å². The summed E-state index contributed by atoms with van der Waals surface area (Å²) in [4.78, 5) is 0. The van der Waals surface area contributed by atoms with Crippen molar-refractivity contribution >= 4 is 0 Å². The van der Waals surface area contributed by atoms with Gasteiger partial charge in [0.15, 0.2) is 0 Å². The van der Waals surface area contributed by atoms with Crippen LogP contribution in [0.15, 0.2) is 0 Å². The minimum atomic E-state index is 0.431. The van der Waals surface area contributed by atoms with Crippen molar-refractivity contribution in [1.82, 2.24) is 20.1 Å². The molecule has 1 aromatic rings. The third kappa shape index (κ3) is 2.18. The van der Waals surface area contributed by atoms with Gasteiger partial charge in [0, 0.05) is 12.6 Å². The summed E-state index contributed by atoms with van der Waals surface area (Å²) in [6.07, 6.45) is 7.87. The third-order valence-electron chi connectivity index (χ3n) is 4.71. The Morgan fingerprint density at radius 2 is 2.17 bits per heavy atom. The van der Waals surface area contributed by atoms with E-state index in [-0.39, 0.29) is 0 Å². The van der Waals surface area contributed by atoms with E-state index in [1.54, 1.807) is 0 Å². The van der Waals surface area contributed by atoms with Crippen LogP contribution in [0.25, 0.3) is 0 Å². The summed E-state index contributed by atoms with van der Waals surface area (Å²) in [5.74, 6) is 3.17.